The summed E-state index contributed by atoms with van der Waals surface area (Å²) in [5, 5.41) is 5.66. The topological polar surface area (TPSA) is 75.3 Å². The summed E-state index contributed by atoms with van der Waals surface area (Å²) in [7, 11) is -2.91. The highest BCUT2D eigenvalue weighted by molar-refractivity contribution is 7.91. The van der Waals surface area contributed by atoms with E-state index in [0.717, 1.165) is 5.56 Å². The van der Waals surface area contributed by atoms with Crippen molar-refractivity contribution in [2.75, 3.05) is 29.9 Å². The molecule has 1 aromatic carbocycles. The monoisotopic (exact) mass is 314 g/mol. The van der Waals surface area contributed by atoms with Crippen molar-refractivity contribution >= 4 is 21.4 Å². The lowest BCUT2D eigenvalue weighted by molar-refractivity contribution is -0.119. The minimum Gasteiger partial charge on any atom is -0.376 e. The first-order chi connectivity index (χ1) is 9.85. The average Bonchev–Trinajstić information content (AvgIpc) is 2.75. The van der Waals surface area contributed by atoms with Gasteiger partial charge >= 0.3 is 0 Å². The maximum Gasteiger partial charge on any atom is 0.239 e. The summed E-state index contributed by atoms with van der Waals surface area (Å²) in [6.07, 6.45) is 0.604. The third-order valence-corrected chi connectivity index (χ3v) is 5.38. The summed E-state index contributed by atoms with van der Waals surface area (Å²) in [6.45, 7) is 2.21. The Hall–Kier alpha value is -1.63. The molecule has 2 rings (SSSR count). The molecule has 7 heteroatoms. The molecule has 1 amide bonds. The Morgan fingerprint density at radius 1 is 1.43 bits per heavy atom. The third kappa shape index (κ3) is 4.70. The molecule has 1 fully saturated rings. The van der Waals surface area contributed by atoms with Gasteiger partial charge in [0.05, 0.1) is 18.1 Å². The summed E-state index contributed by atoms with van der Waals surface area (Å²) >= 11 is 0. The lowest BCUT2D eigenvalue weighted by Crippen LogP contribution is -2.34. The van der Waals surface area contributed by atoms with Crippen LogP contribution in [0.4, 0.5) is 10.1 Å². The number of halogens is 1. The predicted octanol–water partition coefficient (Wildman–Crippen LogP) is 1.10. The quantitative estimate of drug-likeness (QED) is 0.853. The number of amides is 1. The van der Waals surface area contributed by atoms with E-state index < -0.39 is 9.84 Å². The van der Waals surface area contributed by atoms with Crippen LogP contribution >= 0.6 is 0 Å². The van der Waals surface area contributed by atoms with Crippen LogP contribution in [0.25, 0.3) is 0 Å². The fourth-order valence-corrected chi connectivity index (χ4v) is 4.22. The SMILES string of the molecule is Cc1cc(F)ccc1NCC(=O)NC[C@@H]1CCS(=O)(=O)C1. The Labute approximate surface area is 123 Å². The number of hydrogen-bond donors (Lipinski definition) is 2. The van der Waals surface area contributed by atoms with Crippen LogP contribution in [0, 0.1) is 18.7 Å². The zero-order chi connectivity index (χ0) is 15.5. The van der Waals surface area contributed by atoms with Crippen molar-refractivity contribution in [2.24, 2.45) is 5.92 Å². The highest BCUT2D eigenvalue weighted by Crippen LogP contribution is 2.17. The summed E-state index contributed by atoms with van der Waals surface area (Å²) in [6, 6.07) is 4.31. The lowest BCUT2D eigenvalue weighted by atomic mass is 10.1. The second-order valence-electron chi connectivity index (χ2n) is 5.39. The molecule has 0 aromatic heterocycles. The van der Waals surface area contributed by atoms with Gasteiger partial charge in [0, 0.05) is 12.2 Å². The molecule has 0 aliphatic carbocycles. The van der Waals surface area contributed by atoms with E-state index in [9.17, 15) is 17.6 Å². The Bertz CT molecular complexity index is 631. The molecule has 0 saturated carbocycles. The van der Waals surface area contributed by atoms with Crippen LogP contribution < -0.4 is 10.6 Å². The largest absolute Gasteiger partial charge is 0.376 e. The summed E-state index contributed by atoms with van der Waals surface area (Å²) in [5.41, 5.74) is 1.43. The maximum absolute atomic E-state index is 12.9. The average molecular weight is 314 g/mol. The normalized spacial score (nSPS) is 20.2. The predicted molar refractivity (Wildman–Crippen MR) is 79.4 cm³/mol. The number of sulfone groups is 1. The number of carbonyl (C=O) groups excluding carboxylic acids is 1. The first-order valence-corrected chi connectivity index (χ1v) is 8.65. The molecular weight excluding hydrogens is 295 g/mol. The van der Waals surface area contributed by atoms with Crippen LogP contribution in [0.2, 0.25) is 0 Å². The first kappa shape index (κ1) is 15.8. The van der Waals surface area contributed by atoms with Gasteiger partial charge in [-0.2, -0.15) is 0 Å². The van der Waals surface area contributed by atoms with Crippen molar-refractivity contribution in [2.45, 2.75) is 13.3 Å². The number of hydrogen-bond acceptors (Lipinski definition) is 4. The molecule has 1 aliphatic heterocycles. The van der Waals surface area contributed by atoms with Crippen molar-refractivity contribution < 1.29 is 17.6 Å². The first-order valence-electron chi connectivity index (χ1n) is 6.83. The van der Waals surface area contributed by atoms with Crippen LogP contribution in [0.1, 0.15) is 12.0 Å². The molecule has 5 nitrogen and oxygen atoms in total. The van der Waals surface area contributed by atoms with E-state index in [1.54, 1.807) is 13.0 Å². The molecule has 0 spiro atoms. The van der Waals surface area contributed by atoms with Crippen LogP contribution in [0.15, 0.2) is 18.2 Å². The van der Waals surface area contributed by atoms with Gasteiger partial charge in [0.15, 0.2) is 9.84 Å². The molecular formula is C14H19FN2O3S. The van der Waals surface area contributed by atoms with E-state index in [4.69, 9.17) is 0 Å². The third-order valence-electron chi connectivity index (χ3n) is 3.54. The second kappa shape index (κ2) is 6.43. The van der Waals surface area contributed by atoms with Crippen molar-refractivity contribution in [3.8, 4) is 0 Å². The smallest absolute Gasteiger partial charge is 0.239 e. The maximum atomic E-state index is 12.9. The lowest BCUT2D eigenvalue weighted by Gasteiger charge is -2.12. The number of carbonyl (C=O) groups is 1. The van der Waals surface area contributed by atoms with Crippen molar-refractivity contribution in [1.29, 1.82) is 0 Å². The van der Waals surface area contributed by atoms with Gasteiger partial charge in [0.2, 0.25) is 5.91 Å². The Morgan fingerprint density at radius 3 is 2.81 bits per heavy atom. The number of rotatable bonds is 5. The Morgan fingerprint density at radius 2 is 2.19 bits per heavy atom. The Balaban J connectivity index is 1.75. The number of benzene rings is 1. The van der Waals surface area contributed by atoms with Crippen LogP contribution in [0.5, 0.6) is 0 Å². The Kier molecular flexibility index (Phi) is 4.82. The second-order valence-corrected chi connectivity index (χ2v) is 7.61. The van der Waals surface area contributed by atoms with Gasteiger partial charge in [-0.05, 0) is 43.0 Å². The van der Waals surface area contributed by atoms with E-state index in [1.165, 1.54) is 12.1 Å². The standard InChI is InChI=1S/C14H19FN2O3S/c1-10-6-12(15)2-3-13(10)16-8-14(18)17-7-11-4-5-21(19,20)9-11/h2-3,6,11,16H,4-5,7-9H2,1H3,(H,17,18)/t11-/m0/s1. The number of aryl methyl sites for hydroxylation is 1. The molecule has 0 bridgehead atoms. The fourth-order valence-electron chi connectivity index (χ4n) is 2.35. The van der Waals surface area contributed by atoms with Crippen LogP contribution in [-0.2, 0) is 14.6 Å². The zero-order valence-corrected chi connectivity index (χ0v) is 12.7. The highest BCUT2D eigenvalue weighted by atomic mass is 32.2. The summed E-state index contributed by atoms with van der Waals surface area (Å²) in [4.78, 5) is 11.7. The van der Waals surface area contributed by atoms with Crippen molar-refractivity contribution in [1.82, 2.24) is 5.32 Å². The molecule has 116 valence electrons. The summed E-state index contributed by atoms with van der Waals surface area (Å²) in [5.74, 6) is -0.155. The van der Waals surface area contributed by atoms with E-state index in [0.29, 0.717) is 18.7 Å². The molecule has 1 aromatic rings. The molecule has 21 heavy (non-hydrogen) atoms. The van der Waals surface area contributed by atoms with Crippen molar-refractivity contribution in [3.05, 3.63) is 29.6 Å². The van der Waals surface area contributed by atoms with Crippen molar-refractivity contribution in [3.63, 3.8) is 0 Å². The zero-order valence-electron chi connectivity index (χ0n) is 11.9. The van der Waals surface area contributed by atoms with E-state index in [-0.39, 0.29) is 35.7 Å². The van der Waals surface area contributed by atoms with Gasteiger partial charge in [-0.15, -0.1) is 0 Å². The molecule has 1 saturated heterocycles. The molecule has 1 atom stereocenters. The van der Waals surface area contributed by atoms with Gasteiger partial charge in [-0.25, -0.2) is 12.8 Å². The van der Waals surface area contributed by atoms with E-state index >= 15 is 0 Å². The summed E-state index contributed by atoms with van der Waals surface area (Å²) < 4.78 is 35.6. The van der Waals surface area contributed by atoms with Gasteiger partial charge in [0.1, 0.15) is 5.82 Å². The van der Waals surface area contributed by atoms with Gasteiger partial charge in [0.25, 0.3) is 0 Å². The molecule has 0 unspecified atom stereocenters. The molecule has 1 aliphatic rings. The van der Waals surface area contributed by atoms with Gasteiger partial charge in [-0.3, -0.25) is 4.79 Å². The molecule has 1 heterocycles. The minimum absolute atomic E-state index is 0.00603. The van der Waals surface area contributed by atoms with Gasteiger partial charge in [-0.1, -0.05) is 0 Å². The molecule has 2 N–H and O–H groups in total. The van der Waals surface area contributed by atoms with E-state index in [2.05, 4.69) is 10.6 Å². The number of anilines is 1. The van der Waals surface area contributed by atoms with Crippen LogP contribution in [-0.4, -0.2) is 38.9 Å². The minimum atomic E-state index is -2.91. The van der Waals surface area contributed by atoms with Crippen LogP contribution in [0.3, 0.4) is 0 Å². The van der Waals surface area contributed by atoms with Gasteiger partial charge < -0.3 is 10.6 Å². The number of nitrogens with one attached hydrogen (secondary N) is 2. The fraction of sp³-hybridized carbons (Fsp3) is 0.500. The molecule has 0 radical (unpaired) electrons. The van der Waals surface area contributed by atoms with E-state index in [1.807, 2.05) is 0 Å². The highest BCUT2D eigenvalue weighted by Gasteiger charge is 2.27.